The van der Waals surface area contributed by atoms with Crippen LogP contribution in [0.15, 0.2) is 48.8 Å². The Hall–Kier alpha value is -1.91. The summed E-state index contributed by atoms with van der Waals surface area (Å²) < 4.78 is 0. The first-order valence-electron chi connectivity index (χ1n) is 8.28. The number of nitrogens with zero attached hydrogens (tertiary/aromatic N) is 2. The van der Waals surface area contributed by atoms with Crippen LogP contribution < -0.4 is 0 Å². The molecular formula is C19H19ClN2O2. The Morgan fingerprint density at radius 2 is 1.83 bits per heavy atom. The highest BCUT2D eigenvalue weighted by molar-refractivity contribution is 6.30. The van der Waals surface area contributed by atoms with Gasteiger partial charge >= 0.3 is 0 Å². The van der Waals surface area contributed by atoms with Crippen LogP contribution in [0.5, 0.6) is 0 Å². The van der Waals surface area contributed by atoms with Crippen LogP contribution in [0.3, 0.4) is 0 Å². The standard InChI is InChI=1S/C19H19ClN2O2/c20-15-5-3-13(4-6-15)18(23)22-16-7-8-17(22)11-19(24,10-16)14-2-1-9-21-12-14/h1-6,9,12,16-17,24H,7-8,10-11H2. The topological polar surface area (TPSA) is 53.4 Å². The number of hydrogen-bond acceptors (Lipinski definition) is 3. The summed E-state index contributed by atoms with van der Waals surface area (Å²) >= 11 is 5.91. The molecule has 4 nitrogen and oxygen atoms in total. The van der Waals surface area contributed by atoms with Gasteiger partial charge < -0.3 is 10.0 Å². The molecule has 1 amide bonds. The summed E-state index contributed by atoms with van der Waals surface area (Å²) in [6.07, 6.45) is 6.44. The number of aromatic nitrogens is 1. The van der Waals surface area contributed by atoms with Crippen molar-refractivity contribution in [3.8, 4) is 0 Å². The van der Waals surface area contributed by atoms with Gasteiger partial charge in [-0.1, -0.05) is 17.7 Å². The largest absolute Gasteiger partial charge is 0.385 e. The quantitative estimate of drug-likeness (QED) is 0.910. The second-order valence-corrected chi connectivity index (χ2v) is 7.22. The van der Waals surface area contributed by atoms with Crippen molar-refractivity contribution in [1.29, 1.82) is 0 Å². The van der Waals surface area contributed by atoms with Crippen LogP contribution in [0.1, 0.15) is 41.6 Å². The third-order valence-electron chi connectivity index (χ3n) is 5.29. The van der Waals surface area contributed by atoms with E-state index in [-0.39, 0.29) is 18.0 Å². The molecule has 0 radical (unpaired) electrons. The molecular weight excluding hydrogens is 324 g/mol. The maximum atomic E-state index is 12.9. The molecule has 1 aromatic carbocycles. The lowest BCUT2D eigenvalue weighted by molar-refractivity contribution is -0.0481. The van der Waals surface area contributed by atoms with Gasteiger partial charge in [-0.05, 0) is 43.2 Å². The molecule has 2 fully saturated rings. The van der Waals surface area contributed by atoms with Gasteiger partial charge in [0.05, 0.1) is 5.60 Å². The van der Waals surface area contributed by atoms with Crippen molar-refractivity contribution in [2.24, 2.45) is 0 Å². The predicted molar refractivity (Wildman–Crippen MR) is 91.8 cm³/mol. The fourth-order valence-corrected chi connectivity index (χ4v) is 4.30. The maximum Gasteiger partial charge on any atom is 0.254 e. The number of piperidine rings is 1. The third kappa shape index (κ3) is 2.60. The molecule has 2 saturated heterocycles. The molecule has 2 aliphatic heterocycles. The molecule has 2 atom stereocenters. The highest BCUT2D eigenvalue weighted by Gasteiger charge is 2.50. The molecule has 1 N–H and O–H groups in total. The van der Waals surface area contributed by atoms with E-state index in [2.05, 4.69) is 4.98 Å². The van der Waals surface area contributed by atoms with Crippen molar-refractivity contribution < 1.29 is 9.90 Å². The van der Waals surface area contributed by atoms with Crippen molar-refractivity contribution in [3.63, 3.8) is 0 Å². The molecule has 2 aliphatic rings. The minimum Gasteiger partial charge on any atom is -0.385 e. The summed E-state index contributed by atoms with van der Waals surface area (Å²) in [7, 11) is 0. The summed E-state index contributed by atoms with van der Waals surface area (Å²) in [6.45, 7) is 0. The number of hydrogen-bond donors (Lipinski definition) is 1. The van der Waals surface area contributed by atoms with Crippen LogP contribution >= 0.6 is 11.6 Å². The molecule has 0 saturated carbocycles. The van der Waals surface area contributed by atoms with Crippen molar-refractivity contribution in [1.82, 2.24) is 9.88 Å². The van der Waals surface area contributed by atoms with Gasteiger partial charge in [-0.2, -0.15) is 0 Å². The molecule has 24 heavy (non-hydrogen) atoms. The number of carbonyl (C=O) groups is 1. The number of halogens is 1. The lowest BCUT2D eigenvalue weighted by Gasteiger charge is -2.44. The van der Waals surface area contributed by atoms with E-state index in [9.17, 15) is 9.90 Å². The van der Waals surface area contributed by atoms with Gasteiger partial charge in [0.2, 0.25) is 0 Å². The number of pyridine rings is 1. The number of benzene rings is 1. The smallest absolute Gasteiger partial charge is 0.254 e. The van der Waals surface area contributed by atoms with Crippen LogP contribution in [0.2, 0.25) is 5.02 Å². The van der Waals surface area contributed by atoms with Gasteiger partial charge in [0.1, 0.15) is 0 Å². The van der Waals surface area contributed by atoms with Crippen LogP contribution in [-0.2, 0) is 5.60 Å². The van der Waals surface area contributed by atoms with Crippen LogP contribution in [0.25, 0.3) is 0 Å². The number of carbonyl (C=O) groups excluding carboxylic acids is 1. The van der Waals surface area contributed by atoms with Crippen LogP contribution in [-0.4, -0.2) is 33.0 Å². The van der Waals surface area contributed by atoms with Crippen molar-refractivity contribution in [2.75, 3.05) is 0 Å². The summed E-state index contributed by atoms with van der Waals surface area (Å²) in [4.78, 5) is 19.0. The van der Waals surface area contributed by atoms with Crippen LogP contribution in [0, 0.1) is 0 Å². The van der Waals surface area contributed by atoms with Gasteiger partial charge in [0.15, 0.2) is 0 Å². The monoisotopic (exact) mass is 342 g/mol. The zero-order valence-electron chi connectivity index (χ0n) is 13.2. The van der Waals surface area contributed by atoms with Gasteiger partial charge in [0.25, 0.3) is 5.91 Å². The van der Waals surface area contributed by atoms with Crippen LogP contribution in [0.4, 0.5) is 0 Å². The summed E-state index contributed by atoms with van der Waals surface area (Å²) in [5.74, 6) is 0.0346. The summed E-state index contributed by atoms with van der Waals surface area (Å²) in [6, 6.07) is 10.9. The van der Waals surface area contributed by atoms with Crippen molar-refractivity contribution in [3.05, 3.63) is 64.9 Å². The van der Waals surface area contributed by atoms with E-state index < -0.39 is 5.60 Å². The zero-order valence-corrected chi connectivity index (χ0v) is 14.0. The van der Waals surface area contributed by atoms with E-state index in [1.165, 1.54) is 0 Å². The first-order chi connectivity index (χ1) is 11.6. The summed E-state index contributed by atoms with van der Waals surface area (Å²) in [5, 5.41) is 11.8. The molecule has 2 aromatic rings. The summed E-state index contributed by atoms with van der Waals surface area (Å²) in [5.41, 5.74) is 0.611. The molecule has 3 heterocycles. The maximum absolute atomic E-state index is 12.9. The van der Waals surface area contributed by atoms with Gasteiger partial charge in [-0.15, -0.1) is 0 Å². The predicted octanol–water partition coefficient (Wildman–Crippen LogP) is 3.39. The first kappa shape index (κ1) is 15.6. The molecule has 2 bridgehead atoms. The second kappa shape index (κ2) is 5.87. The highest BCUT2D eigenvalue weighted by Crippen LogP contribution is 2.46. The molecule has 0 aliphatic carbocycles. The normalized spacial score (nSPS) is 28.8. The Bertz CT molecular complexity index is 734. The Morgan fingerprint density at radius 1 is 1.17 bits per heavy atom. The molecule has 4 rings (SSSR count). The van der Waals surface area contributed by atoms with Gasteiger partial charge in [-0.25, -0.2) is 0 Å². The first-order valence-corrected chi connectivity index (χ1v) is 8.66. The average Bonchev–Trinajstić information content (AvgIpc) is 2.88. The van der Waals surface area contributed by atoms with E-state index in [1.807, 2.05) is 17.0 Å². The average molecular weight is 343 g/mol. The van der Waals surface area contributed by atoms with E-state index in [4.69, 9.17) is 11.6 Å². The third-order valence-corrected chi connectivity index (χ3v) is 5.54. The van der Waals surface area contributed by atoms with E-state index in [1.54, 1.807) is 36.7 Å². The van der Waals surface area contributed by atoms with E-state index >= 15 is 0 Å². The van der Waals surface area contributed by atoms with Crippen molar-refractivity contribution >= 4 is 17.5 Å². The Kier molecular flexibility index (Phi) is 3.82. The molecule has 1 aromatic heterocycles. The van der Waals surface area contributed by atoms with E-state index in [0.717, 1.165) is 18.4 Å². The lowest BCUT2D eigenvalue weighted by Crippen LogP contribution is -2.52. The Morgan fingerprint density at radius 3 is 2.42 bits per heavy atom. The number of aliphatic hydroxyl groups is 1. The highest BCUT2D eigenvalue weighted by atomic mass is 35.5. The Labute approximate surface area is 146 Å². The fourth-order valence-electron chi connectivity index (χ4n) is 4.17. The molecule has 124 valence electrons. The Balaban J connectivity index is 1.59. The molecule has 5 heteroatoms. The molecule has 0 spiro atoms. The number of amides is 1. The number of rotatable bonds is 2. The van der Waals surface area contributed by atoms with Gasteiger partial charge in [-0.3, -0.25) is 9.78 Å². The SMILES string of the molecule is O=C(c1ccc(Cl)cc1)N1C2CCC1CC(O)(c1cccnc1)C2. The lowest BCUT2D eigenvalue weighted by atomic mass is 9.81. The molecule has 2 unspecified atom stereocenters. The number of fused-ring (bicyclic) bond motifs is 2. The second-order valence-electron chi connectivity index (χ2n) is 6.79. The zero-order chi connectivity index (χ0) is 16.7. The van der Waals surface area contributed by atoms with Crippen molar-refractivity contribution in [2.45, 2.75) is 43.4 Å². The fraction of sp³-hybridized carbons (Fsp3) is 0.368. The minimum absolute atomic E-state index is 0.0346. The minimum atomic E-state index is -0.892. The van der Waals surface area contributed by atoms with E-state index in [0.29, 0.717) is 23.4 Å². The van der Waals surface area contributed by atoms with Gasteiger partial charge in [0, 0.05) is 53.5 Å².